The van der Waals surface area contributed by atoms with E-state index in [1.165, 1.54) is 7.05 Å². The second kappa shape index (κ2) is 5.74. The van der Waals surface area contributed by atoms with Crippen LogP contribution in [-0.2, 0) is 16.4 Å². The van der Waals surface area contributed by atoms with Crippen LogP contribution in [0.5, 0.6) is 0 Å². The van der Waals surface area contributed by atoms with Crippen LogP contribution in [-0.4, -0.2) is 42.9 Å². The summed E-state index contributed by atoms with van der Waals surface area (Å²) in [6, 6.07) is 5.37. The van der Waals surface area contributed by atoms with Gasteiger partial charge in [0.15, 0.2) is 0 Å². The van der Waals surface area contributed by atoms with Crippen molar-refractivity contribution in [3.8, 4) is 0 Å². The lowest BCUT2D eigenvalue weighted by molar-refractivity contribution is 0.503. The zero-order chi connectivity index (χ0) is 12.9. The van der Waals surface area contributed by atoms with Gasteiger partial charge in [0, 0.05) is 25.4 Å². The molecule has 1 aromatic rings. The Morgan fingerprint density at radius 1 is 1.53 bits per heavy atom. The van der Waals surface area contributed by atoms with Crippen LogP contribution in [0.1, 0.15) is 5.69 Å². The fraction of sp³-hybridized carbons (Fsp3) is 0.400. The van der Waals surface area contributed by atoms with E-state index in [-0.39, 0.29) is 18.1 Å². The molecule has 3 N–H and O–H groups in total. The zero-order valence-electron chi connectivity index (χ0n) is 9.63. The summed E-state index contributed by atoms with van der Waals surface area (Å²) in [7, 11) is -1.97. The lowest BCUT2D eigenvalue weighted by atomic mass is 10.3. The lowest BCUT2D eigenvalue weighted by Gasteiger charge is -2.15. The molecular formula is C10H16N4O2S. The molecule has 0 atom stereocenters. The van der Waals surface area contributed by atoms with E-state index in [9.17, 15) is 8.42 Å². The Kier molecular flexibility index (Phi) is 4.59. The molecule has 0 aliphatic rings. The second-order valence-corrected chi connectivity index (χ2v) is 5.86. The number of aryl methyl sites for hydroxylation is 1. The number of nitrogens with zero attached hydrogens (tertiary/aromatic N) is 2. The van der Waals surface area contributed by atoms with E-state index in [1.807, 2.05) is 6.07 Å². The van der Waals surface area contributed by atoms with Crippen LogP contribution >= 0.6 is 0 Å². The number of pyridine rings is 1. The predicted octanol–water partition coefficient (Wildman–Crippen LogP) is -0.178. The molecular weight excluding hydrogens is 240 g/mol. The molecule has 0 spiro atoms. The van der Waals surface area contributed by atoms with Crippen molar-refractivity contribution < 1.29 is 8.42 Å². The molecule has 17 heavy (non-hydrogen) atoms. The molecule has 1 rings (SSSR count). The molecule has 1 heterocycles. The number of nitrogens with two attached hydrogens (primary N) is 1. The van der Waals surface area contributed by atoms with Crippen LogP contribution in [0.3, 0.4) is 0 Å². The minimum Gasteiger partial charge on any atom is -0.387 e. The van der Waals surface area contributed by atoms with Gasteiger partial charge in [0.25, 0.3) is 0 Å². The van der Waals surface area contributed by atoms with Gasteiger partial charge in [0.1, 0.15) is 5.84 Å². The van der Waals surface area contributed by atoms with Crippen molar-refractivity contribution in [3.63, 3.8) is 0 Å². The van der Waals surface area contributed by atoms with Gasteiger partial charge in [-0.1, -0.05) is 6.07 Å². The molecule has 0 bridgehead atoms. The van der Waals surface area contributed by atoms with Crippen molar-refractivity contribution in [2.75, 3.05) is 19.3 Å². The van der Waals surface area contributed by atoms with E-state index in [2.05, 4.69) is 4.98 Å². The quantitative estimate of drug-likeness (QED) is 0.544. The van der Waals surface area contributed by atoms with Gasteiger partial charge in [-0.15, -0.1) is 0 Å². The molecule has 0 aliphatic carbocycles. The maximum absolute atomic E-state index is 11.8. The fourth-order valence-corrected chi connectivity index (χ4v) is 2.39. The molecule has 94 valence electrons. The van der Waals surface area contributed by atoms with Gasteiger partial charge in [0.2, 0.25) is 10.0 Å². The number of amidine groups is 1. The summed E-state index contributed by atoms with van der Waals surface area (Å²) in [5.41, 5.74) is 5.89. The highest BCUT2D eigenvalue weighted by atomic mass is 32.2. The van der Waals surface area contributed by atoms with Crippen molar-refractivity contribution in [1.82, 2.24) is 9.29 Å². The summed E-state index contributed by atoms with van der Waals surface area (Å²) in [5.74, 6) is -0.206. The number of nitrogens with one attached hydrogen (secondary N) is 1. The van der Waals surface area contributed by atoms with E-state index in [0.29, 0.717) is 6.42 Å². The minimum atomic E-state index is -3.38. The standard InChI is InChI=1S/C10H16N4O2S/c1-14(8-10(11)12)17(15,16)7-5-9-4-2-3-6-13-9/h2-4,6H,5,7-8H2,1H3,(H3,11,12). The molecule has 0 aromatic carbocycles. The lowest BCUT2D eigenvalue weighted by Crippen LogP contribution is -2.36. The fourth-order valence-electron chi connectivity index (χ4n) is 1.27. The summed E-state index contributed by atoms with van der Waals surface area (Å²) in [6.07, 6.45) is 1.98. The van der Waals surface area contributed by atoms with Crippen molar-refractivity contribution >= 4 is 15.9 Å². The van der Waals surface area contributed by atoms with Crippen LogP contribution in [0, 0.1) is 5.41 Å². The third-order valence-corrected chi connectivity index (χ3v) is 4.01. The minimum absolute atomic E-state index is 0.0339. The number of sulfonamides is 1. The zero-order valence-corrected chi connectivity index (χ0v) is 10.4. The van der Waals surface area contributed by atoms with Gasteiger partial charge >= 0.3 is 0 Å². The molecule has 7 heteroatoms. The van der Waals surface area contributed by atoms with Gasteiger partial charge in [-0.05, 0) is 12.1 Å². The number of hydrogen-bond donors (Lipinski definition) is 2. The number of likely N-dealkylation sites (N-methyl/N-ethyl adjacent to an activating group) is 1. The van der Waals surface area contributed by atoms with Crippen molar-refractivity contribution in [2.45, 2.75) is 6.42 Å². The summed E-state index contributed by atoms with van der Waals surface area (Å²) < 4.78 is 24.7. The summed E-state index contributed by atoms with van der Waals surface area (Å²) in [6.45, 7) is -0.0788. The van der Waals surface area contributed by atoms with Gasteiger partial charge in [-0.25, -0.2) is 8.42 Å². The Hall–Kier alpha value is -1.47. The van der Waals surface area contributed by atoms with Gasteiger partial charge < -0.3 is 5.73 Å². The molecule has 1 aromatic heterocycles. The first-order valence-electron chi connectivity index (χ1n) is 5.08. The second-order valence-electron chi connectivity index (χ2n) is 3.67. The van der Waals surface area contributed by atoms with E-state index < -0.39 is 10.0 Å². The maximum Gasteiger partial charge on any atom is 0.214 e. The van der Waals surface area contributed by atoms with Gasteiger partial charge in [-0.3, -0.25) is 10.4 Å². The summed E-state index contributed by atoms with van der Waals surface area (Å²) in [5, 5.41) is 7.06. The normalized spacial score (nSPS) is 11.6. The Morgan fingerprint density at radius 3 is 2.76 bits per heavy atom. The highest BCUT2D eigenvalue weighted by Crippen LogP contribution is 2.02. The van der Waals surface area contributed by atoms with Crippen molar-refractivity contribution in [3.05, 3.63) is 30.1 Å². The molecule has 0 saturated heterocycles. The monoisotopic (exact) mass is 256 g/mol. The van der Waals surface area contributed by atoms with E-state index in [4.69, 9.17) is 11.1 Å². The largest absolute Gasteiger partial charge is 0.387 e. The molecule has 6 nitrogen and oxygen atoms in total. The third-order valence-electron chi connectivity index (χ3n) is 2.21. The first-order valence-corrected chi connectivity index (χ1v) is 6.69. The average molecular weight is 256 g/mol. The van der Waals surface area contributed by atoms with E-state index >= 15 is 0 Å². The molecule has 0 amide bonds. The van der Waals surface area contributed by atoms with Crippen LogP contribution in [0.15, 0.2) is 24.4 Å². The van der Waals surface area contributed by atoms with E-state index in [0.717, 1.165) is 10.00 Å². The number of rotatable bonds is 6. The van der Waals surface area contributed by atoms with Crippen molar-refractivity contribution in [2.24, 2.45) is 5.73 Å². The van der Waals surface area contributed by atoms with Crippen LogP contribution < -0.4 is 5.73 Å². The summed E-state index contributed by atoms with van der Waals surface area (Å²) in [4.78, 5) is 4.05. The Morgan fingerprint density at radius 2 is 2.24 bits per heavy atom. The number of hydrogen-bond acceptors (Lipinski definition) is 4. The maximum atomic E-state index is 11.8. The first kappa shape index (κ1) is 13.6. The van der Waals surface area contributed by atoms with Crippen LogP contribution in [0.2, 0.25) is 0 Å². The third kappa shape index (κ3) is 4.49. The Balaban J connectivity index is 2.59. The molecule has 0 fully saturated rings. The topological polar surface area (TPSA) is 100 Å². The van der Waals surface area contributed by atoms with Crippen LogP contribution in [0.4, 0.5) is 0 Å². The highest BCUT2D eigenvalue weighted by Gasteiger charge is 2.18. The highest BCUT2D eigenvalue weighted by molar-refractivity contribution is 7.89. The Bertz CT molecular complexity index is 472. The molecule has 0 unspecified atom stereocenters. The van der Waals surface area contributed by atoms with Gasteiger partial charge in [0.05, 0.1) is 12.3 Å². The molecule has 0 aliphatic heterocycles. The van der Waals surface area contributed by atoms with Crippen molar-refractivity contribution in [1.29, 1.82) is 5.41 Å². The first-order chi connectivity index (χ1) is 7.92. The smallest absolute Gasteiger partial charge is 0.214 e. The van der Waals surface area contributed by atoms with Gasteiger partial charge in [-0.2, -0.15) is 4.31 Å². The predicted molar refractivity (Wildman–Crippen MR) is 66.3 cm³/mol. The summed E-state index contributed by atoms with van der Waals surface area (Å²) >= 11 is 0. The SMILES string of the molecule is CN(CC(=N)N)S(=O)(=O)CCc1ccccn1. The molecule has 0 radical (unpaired) electrons. The van der Waals surface area contributed by atoms with Crippen LogP contribution in [0.25, 0.3) is 0 Å². The molecule has 0 saturated carbocycles. The average Bonchev–Trinajstić information content (AvgIpc) is 2.27. The van der Waals surface area contributed by atoms with E-state index in [1.54, 1.807) is 18.3 Å². The Labute approximate surface area is 101 Å². The number of aromatic nitrogens is 1.